The van der Waals surface area contributed by atoms with Crippen molar-refractivity contribution in [1.29, 1.82) is 0 Å². The van der Waals surface area contributed by atoms with Gasteiger partial charge in [0.25, 0.3) is 0 Å². The Balaban J connectivity index is 3.08. The van der Waals surface area contributed by atoms with Crippen LogP contribution in [0.5, 0.6) is 0 Å². The van der Waals surface area contributed by atoms with Crippen molar-refractivity contribution in [3.63, 3.8) is 0 Å². The van der Waals surface area contributed by atoms with E-state index in [9.17, 15) is 8.78 Å². The van der Waals surface area contributed by atoms with E-state index in [1.807, 2.05) is 0 Å². The molecule has 4 heteroatoms. The molecule has 0 aliphatic heterocycles. The van der Waals surface area contributed by atoms with Crippen LogP contribution in [0.3, 0.4) is 0 Å². The van der Waals surface area contributed by atoms with Crippen LogP contribution < -0.4 is 5.73 Å². The molecular weight excluding hydrogens is 240 g/mol. The van der Waals surface area contributed by atoms with Crippen molar-refractivity contribution < 1.29 is 8.78 Å². The summed E-state index contributed by atoms with van der Waals surface area (Å²) in [7, 11) is 0. The number of nitrogen functional groups attached to an aromatic ring is 1. The second kappa shape index (κ2) is 4.37. The second-order valence-corrected chi connectivity index (χ2v) is 3.10. The molecule has 2 N–H and O–H groups in total. The molecule has 0 atom stereocenters. The maximum atomic E-state index is 13.0. The highest BCUT2D eigenvalue weighted by Crippen LogP contribution is 2.17. The van der Waals surface area contributed by atoms with Gasteiger partial charge in [0.05, 0.1) is 5.69 Å². The van der Waals surface area contributed by atoms with Crippen molar-refractivity contribution in [3.8, 4) is 0 Å². The van der Waals surface area contributed by atoms with Gasteiger partial charge in [0.1, 0.15) is 11.6 Å². The van der Waals surface area contributed by atoms with Gasteiger partial charge in [-0.05, 0) is 6.07 Å². The first-order chi connectivity index (χ1) is 6.15. The Morgan fingerprint density at radius 1 is 1.31 bits per heavy atom. The quantitative estimate of drug-likeness (QED) is 0.632. The molecule has 0 heterocycles. The van der Waals surface area contributed by atoms with Crippen LogP contribution in [-0.4, -0.2) is 5.33 Å². The first-order valence-corrected chi connectivity index (χ1v) is 4.74. The molecule has 0 aliphatic rings. The zero-order chi connectivity index (χ0) is 9.84. The zero-order valence-electron chi connectivity index (χ0n) is 6.73. The molecule has 0 saturated carbocycles. The lowest BCUT2D eigenvalue weighted by Crippen LogP contribution is -1.93. The highest BCUT2D eigenvalue weighted by atomic mass is 79.9. The molecule has 0 fully saturated rings. The molecule has 0 aliphatic carbocycles. The van der Waals surface area contributed by atoms with E-state index in [1.165, 1.54) is 6.08 Å². The number of hydrogen-bond acceptors (Lipinski definition) is 1. The number of rotatable bonds is 2. The van der Waals surface area contributed by atoms with Gasteiger partial charge < -0.3 is 5.73 Å². The number of anilines is 1. The predicted octanol–water partition coefficient (Wildman–Crippen LogP) is 2.96. The molecule has 1 aromatic carbocycles. The van der Waals surface area contributed by atoms with Gasteiger partial charge in [0, 0.05) is 17.0 Å². The molecule has 0 radical (unpaired) electrons. The zero-order valence-corrected chi connectivity index (χ0v) is 8.31. The Hall–Kier alpha value is -0.900. The van der Waals surface area contributed by atoms with Gasteiger partial charge in [0.15, 0.2) is 0 Å². The summed E-state index contributed by atoms with van der Waals surface area (Å²) in [5, 5.41) is 0.596. The fourth-order valence-corrected chi connectivity index (χ4v) is 1.06. The molecule has 0 spiro atoms. The van der Waals surface area contributed by atoms with Crippen LogP contribution in [0.25, 0.3) is 6.08 Å². The maximum absolute atomic E-state index is 13.0. The van der Waals surface area contributed by atoms with Crippen molar-refractivity contribution in [3.05, 3.63) is 35.4 Å². The van der Waals surface area contributed by atoms with Crippen LogP contribution in [0.15, 0.2) is 18.2 Å². The lowest BCUT2D eigenvalue weighted by molar-refractivity contribution is 0.602. The van der Waals surface area contributed by atoms with Crippen LogP contribution in [0.4, 0.5) is 14.5 Å². The third kappa shape index (κ3) is 2.52. The second-order valence-electron chi connectivity index (χ2n) is 2.45. The minimum Gasteiger partial charge on any atom is -0.396 e. The van der Waals surface area contributed by atoms with Crippen LogP contribution in [0.2, 0.25) is 0 Å². The monoisotopic (exact) mass is 247 g/mol. The fourth-order valence-electron chi connectivity index (χ4n) is 0.877. The highest BCUT2D eigenvalue weighted by molar-refractivity contribution is 9.09. The Morgan fingerprint density at radius 3 is 2.62 bits per heavy atom. The van der Waals surface area contributed by atoms with Crippen LogP contribution in [0.1, 0.15) is 5.56 Å². The Bertz CT molecular complexity index is 337. The number of hydrogen-bond donors (Lipinski definition) is 1. The van der Waals surface area contributed by atoms with Crippen molar-refractivity contribution in [2.24, 2.45) is 0 Å². The summed E-state index contributed by atoms with van der Waals surface area (Å²) in [4.78, 5) is 0. The fraction of sp³-hybridized carbons (Fsp3) is 0.111. The minimum atomic E-state index is -0.601. The average Bonchev–Trinajstić information content (AvgIpc) is 2.09. The van der Waals surface area contributed by atoms with E-state index >= 15 is 0 Å². The Morgan fingerprint density at radius 2 is 2.00 bits per heavy atom. The number of halogens is 3. The number of benzene rings is 1. The van der Waals surface area contributed by atoms with Gasteiger partial charge in [-0.1, -0.05) is 28.1 Å². The summed E-state index contributed by atoms with van der Waals surface area (Å²) in [6.45, 7) is 0. The largest absolute Gasteiger partial charge is 0.396 e. The summed E-state index contributed by atoms with van der Waals surface area (Å²) < 4.78 is 25.9. The van der Waals surface area contributed by atoms with E-state index in [-0.39, 0.29) is 11.3 Å². The molecule has 13 heavy (non-hydrogen) atoms. The highest BCUT2D eigenvalue weighted by Gasteiger charge is 2.04. The first kappa shape index (κ1) is 10.2. The Kier molecular flexibility index (Phi) is 3.42. The van der Waals surface area contributed by atoms with Gasteiger partial charge in [-0.15, -0.1) is 0 Å². The molecule has 1 rings (SSSR count). The smallest absolute Gasteiger partial charge is 0.146 e. The summed E-state index contributed by atoms with van der Waals surface area (Å²) in [5.74, 6) is -1.12. The molecule has 0 amide bonds. The van der Waals surface area contributed by atoms with Gasteiger partial charge in [-0.3, -0.25) is 0 Å². The lowest BCUT2D eigenvalue weighted by atomic mass is 10.1. The Labute approximate surface area is 83.4 Å². The lowest BCUT2D eigenvalue weighted by Gasteiger charge is -2.00. The molecule has 1 aromatic rings. The molecule has 70 valence electrons. The topological polar surface area (TPSA) is 26.0 Å². The SMILES string of the molecule is Nc1cc(F)c(C=CCBr)cc1F. The minimum absolute atomic E-state index is 0.173. The van der Waals surface area contributed by atoms with Crippen molar-refractivity contribution >= 4 is 27.7 Å². The average molecular weight is 248 g/mol. The number of alkyl halides is 1. The van der Waals surface area contributed by atoms with Gasteiger partial charge in [-0.25, -0.2) is 8.78 Å². The van der Waals surface area contributed by atoms with Gasteiger partial charge in [-0.2, -0.15) is 0 Å². The summed E-state index contributed by atoms with van der Waals surface area (Å²) in [6, 6.07) is 2.05. The van der Waals surface area contributed by atoms with E-state index in [0.717, 1.165) is 12.1 Å². The third-order valence-corrected chi connectivity index (χ3v) is 1.88. The number of allylic oxidation sites excluding steroid dienone is 1. The van der Waals surface area contributed by atoms with E-state index in [2.05, 4.69) is 15.9 Å². The summed E-state index contributed by atoms with van der Waals surface area (Å²) >= 11 is 3.14. The molecule has 0 bridgehead atoms. The maximum Gasteiger partial charge on any atom is 0.146 e. The summed E-state index contributed by atoms with van der Waals surface area (Å²) in [6.07, 6.45) is 3.17. The normalized spacial score (nSPS) is 11.0. The van der Waals surface area contributed by atoms with Crippen molar-refractivity contribution in [1.82, 2.24) is 0 Å². The van der Waals surface area contributed by atoms with Crippen molar-refractivity contribution in [2.45, 2.75) is 0 Å². The number of nitrogens with two attached hydrogens (primary N) is 1. The van der Waals surface area contributed by atoms with Crippen LogP contribution in [0, 0.1) is 11.6 Å². The van der Waals surface area contributed by atoms with Crippen LogP contribution in [-0.2, 0) is 0 Å². The van der Waals surface area contributed by atoms with E-state index in [0.29, 0.717) is 5.33 Å². The van der Waals surface area contributed by atoms with E-state index in [4.69, 9.17) is 5.73 Å². The molecular formula is C9H8BrF2N. The molecule has 0 aromatic heterocycles. The van der Waals surface area contributed by atoms with Gasteiger partial charge >= 0.3 is 0 Å². The molecule has 1 nitrogen and oxygen atoms in total. The molecule has 0 saturated heterocycles. The third-order valence-electron chi connectivity index (χ3n) is 1.50. The standard InChI is InChI=1S/C9H8BrF2N/c10-3-1-2-6-4-8(12)9(13)5-7(6)11/h1-2,4-5H,3,13H2. The van der Waals surface area contributed by atoms with Gasteiger partial charge in [0.2, 0.25) is 0 Å². The first-order valence-electron chi connectivity index (χ1n) is 3.62. The van der Waals surface area contributed by atoms with E-state index < -0.39 is 11.6 Å². The van der Waals surface area contributed by atoms with Crippen molar-refractivity contribution in [2.75, 3.05) is 11.1 Å². The summed E-state index contributed by atoms with van der Waals surface area (Å²) in [5.41, 5.74) is 5.20. The molecule has 0 unspecified atom stereocenters. The van der Waals surface area contributed by atoms with E-state index in [1.54, 1.807) is 6.08 Å². The predicted molar refractivity (Wildman–Crippen MR) is 53.6 cm³/mol. The van der Waals surface area contributed by atoms with Crippen LogP contribution >= 0.6 is 15.9 Å².